The van der Waals surface area contributed by atoms with Gasteiger partial charge in [-0.2, -0.15) is 0 Å². The predicted octanol–water partition coefficient (Wildman–Crippen LogP) is 2.05. The Hall–Kier alpha value is -2.40. The fourth-order valence-corrected chi connectivity index (χ4v) is 2.86. The first-order valence-electron chi connectivity index (χ1n) is 7.81. The Labute approximate surface area is 136 Å². The number of rotatable bonds is 4. The first-order chi connectivity index (χ1) is 11.3. The molecule has 1 amide bonds. The number of amides is 1. The summed E-state index contributed by atoms with van der Waals surface area (Å²) >= 11 is 0. The molecule has 0 saturated carbocycles. The Bertz CT molecular complexity index is 652. The number of benzene rings is 1. The normalized spacial score (nSPS) is 15.4. The predicted molar refractivity (Wildman–Crippen MR) is 88.4 cm³/mol. The van der Waals surface area contributed by atoms with Crippen molar-refractivity contribution >= 4 is 5.91 Å². The van der Waals surface area contributed by atoms with Crippen molar-refractivity contribution in [1.82, 2.24) is 14.8 Å². The number of ether oxygens (including phenoxy) is 1. The molecular formula is C18H21N3O2. The van der Waals surface area contributed by atoms with Gasteiger partial charge in [-0.3, -0.25) is 14.7 Å². The molecule has 0 atom stereocenters. The monoisotopic (exact) mass is 311 g/mol. The van der Waals surface area contributed by atoms with Gasteiger partial charge in [0.05, 0.1) is 12.7 Å². The third-order valence-corrected chi connectivity index (χ3v) is 4.15. The van der Waals surface area contributed by atoms with E-state index < -0.39 is 0 Å². The highest BCUT2D eigenvalue weighted by Gasteiger charge is 2.22. The van der Waals surface area contributed by atoms with E-state index in [1.54, 1.807) is 25.6 Å². The van der Waals surface area contributed by atoms with Crippen molar-refractivity contribution in [2.45, 2.75) is 6.54 Å². The van der Waals surface area contributed by atoms with Crippen LogP contribution in [0.1, 0.15) is 15.9 Å². The minimum absolute atomic E-state index is 0.0649. The molecule has 5 heteroatoms. The Morgan fingerprint density at radius 2 is 1.91 bits per heavy atom. The van der Waals surface area contributed by atoms with Crippen LogP contribution in [0, 0.1) is 0 Å². The van der Waals surface area contributed by atoms with Crippen molar-refractivity contribution in [3.8, 4) is 5.75 Å². The Balaban J connectivity index is 1.57. The highest BCUT2D eigenvalue weighted by molar-refractivity contribution is 5.93. The lowest BCUT2D eigenvalue weighted by Crippen LogP contribution is -2.48. The number of methoxy groups -OCH3 is 1. The molecule has 3 rings (SSSR count). The van der Waals surface area contributed by atoms with Crippen LogP contribution in [0.3, 0.4) is 0 Å². The smallest absolute Gasteiger partial charge is 0.255 e. The highest BCUT2D eigenvalue weighted by Crippen LogP contribution is 2.20. The van der Waals surface area contributed by atoms with Crippen molar-refractivity contribution in [2.75, 3.05) is 33.3 Å². The fraction of sp³-hybridized carbons (Fsp3) is 0.333. The third-order valence-electron chi connectivity index (χ3n) is 4.15. The molecule has 2 heterocycles. The van der Waals surface area contributed by atoms with E-state index >= 15 is 0 Å². The second-order valence-corrected chi connectivity index (χ2v) is 5.62. The molecule has 0 bridgehead atoms. The minimum atomic E-state index is 0.0649. The summed E-state index contributed by atoms with van der Waals surface area (Å²) in [5.41, 5.74) is 1.84. The Morgan fingerprint density at radius 1 is 1.13 bits per heavy atom. The second kappa shape index (κ2) is 7.24. The van der Waals surface area contributed by atoms with Crippen LogP contribution in [0.2, 0.25) is 0 Å². The van der Waals surface area contributed by atoms with Gasteiger partial charge in [-0.1, -0.05) is 18.2 Å². The van der Waals surface area contributed by atoms with Gasteiger partial charge in [0, 0.05) is 50.7 Å². The van der Waals surface area contributed by atoms with Gasteiger partial charge >= 0.3 is 0 Å². The van der Waals surface area contributed by atoms with E-state index in [1.165, 1.54) is 5.56 Å². The molecule has 0 aliphatic carbocycles. The summed E-state index contributed by atoms with van der Waals surface area (Å²) in [6.07, 6.45) is 3.31. The first kappa shape index (κ1) is 15.5. The van der Waals surface area contributed by atoms with Crippen LogP contribution in [0.4, 0.5) is 0 Å². The number of hydrogen-bond acceptors (Lipinski definition) is 4. The van der Waals surface area contributed by atoms with Gasteiger partial charge in [0.2, 0.25) is 0 Å². The summed E-state index contributed by atoms with van der Waals surface area (Å²) < 4.78 is 5.41. The average molecular weight is 311 g/mol. The molecule has 1 aromatic carbocycles. The van der Waals surface area contributed by atoms with E-state index in [0.29, 0.717) is 5.56 Å². The van der Waals surface area contributed by atoms with E-state index in [4.69, 9.17) is 4.74 Å². The first-order valence-corrected chi connectivity index (χ1v) is 7.81. The summed E-state index contributed by atoms with van der Waals surface area (Å²) in [4.78, 5) is 20.7. The average Bonchev–Trinajstić information content (AvgIpc) is 2.63. The van der Waals surface area contributed by atoms with Gasteiger partial charge in [0.25, 0.3) is 5.91 Å². The number of hydrogen-bond donors (Lipinski definition) is 0. The van der Waals surface area contributed by atoms with Crippen LogP contribution in [-0.4, -0.2) is 54.0 Å². The van der Waals surface area contributed by atoms with Gasteiger partial charge < -0.3 is 9.64 Å². The summed E-state index contributed by atoms with van der Waals surface area (Å²) in [6, 6.07) is 11.7. The molecule has 120 valence electrons. The summed E-state index contributed by atoms with van der Waals surface area (Å²) in [5, 5.41) is 0. The molecule has 0 N–H and O–H groups in total. The van der Waals surface area contributed by atoms with Crippen LogP contribution in [0.5, 0.6) is 5.75 Å². The summed E-state index contributed by atoms with van der Waals surface area (Å²) in [7, 11) is 1.70. The molecule has 1 aromatic heterocycles. The number of pyridine rings is 1. The molecule has 1 aliphatic heterocycles. The minimum Gasteiger partial charge on any atom is -0.496 e. The van der Waals surface area contributed by atoms with Gasteiger partial charge in [-0.15, -0.1) is 0 Å². The van der Waals surface area contributed by atoms with E-state index in [0.717, 1.165) is 38.5 Å². The quantitative estimate of drug-likeness (QED) is 0.867. The molecule has 1 saturated heterocycles. The van der Waals surface area contributed by atoms with Gasteiger partial charge in [-0.05, 0) is 18.2 Å². The highest BCUT2D eigenvalue weighted by atomic mass is 16.5. The van der Waals surface area contributed by atoms with Crippen LogP contribution >= 0.6 is 0 Å². The number of aromatic nitrogens is 1. The van der Waals surface area contributed by atoms with Crippen LogP contribution < -0.4 is 4.74 Å². The van der Waals surface area contributed by atoms with E-state index in [9.17, 15) is 4.79 Å². The zero-order valence-electron chi connectivity index (χ0n) is 13.3. The van der Waals surface area contributed by atoms with Gasteiger partial charge in [0.1, 0.15) is 5.75 Å². The lowest BCUT2D eigenvalue weighted by atomic mass is 10.1. The summed E-state index contributed by atoms with van der Waals surface area (Å²) in [6.45, 7) is 4.05. The molecular weight excluding hydrogens is 290 g/mol. The van der Waals surface area contributed by atoms with Crippen LogP contribution in [0.25, 0.3) is 0 Å². The lowest BCUT2D eigenvalue weighted by molar-refractivity contribution is 0.0627. The van der Waals surface area contributed by atoms with E-state index in [-0.39, 0.29) is 5.91 Å². The third kappa shape index (κ3) is 3.68. The van der Waals surface area contributed by atoms with Crippen molar-refractivity contribution in [1.29, 1.82) is 0 Å². The second-order valence-electron chi connectivity index (χ2n) is 5.62. The molecule has 0 spiro atoms. The Morgan fingerprint density at radius 3 is 2.61 bits per heavy atom. The summed E-state index contributed by atoms with van der Waals surface area (Å²) in [5.74, 6) is 0.983. The molecule has 1 fully saturated rings. The molecule has 1 aliphatic rings. The maximum atomic E-state index is 12.4. The van der Waals surface area contributed by atoms with E-state index in [1.807, 2.05) is 29.2 Å². The molecule has 2 aromatic rings. The maximum absolute atomic E-state index is 12.4. The van der Waals surface area contributed by atoms with Crippen molar-refractivity contribution in [3.63, 3.8) is 0 Å². The fourth-order valence-electron chi connectivity index (χ4n) is 2.86. The number of nitrogens with zero attached hydrogens (tertiary/aromatic N) is 3. The van der Waals surface area contributed by atoms with Gasteiger partial charge in [-0.25, -0.2) is 0 Å². The standard InChI is InChI=1S/C18H21N3O2/c1-23-17-7-3-2-5-16(17)14-20-9-11-21(12-10-20)18(22)15-6-4-8-19-13-15/h2-8,13H,9-12,14H2,1H3. The molecule has 5 nitrogen and oxygen atoms in total. The van der Waals surface area contributed by atoms with E-state index in [2.05, 4.69) is 16.0 Å². The number of carbonyl (C=O) groups is 1. The van der Waals surface area contributed by atoms with Crippen LogP contribution in [0.15, 0.2) is 48.8 Å². The van der Waals surface area contributed by atoms with Gasteiger partial charge in [0.15, 0.2) is 0 Å². The zero-order chi connectivity index (χ0) is 16.1. The Kier molecular flexibility index (Phi) is 4.88. The molecule has 23 heavy (non-hydrogen) atoms. The topological polar surface area (TPSA) is 45.7 Å². The number of carbonyl (C=O) groups excluding carboxylic acids is 1. The lowest BCUT2D eigenvalue weighted by Gasteiger charge is -2.35. The maximum Gasteiger partial charge on any atom is 0.255 e. The van der Waals surface area contributed by atoms with Crippen LogP contribution in [-0.2, 0) is 6.54 Å². The SMILES string of the molecule is COc1ccccc1CN1CCN(C(=O)c2cccnc2)CC1. The molecule has 0 unspecified atom stereocenters. The van der Waals surface area contributed by atoms with Crippen molar-refractivity contribution < 1.29 is 9.53 Å². The molecule has 0 radical (unpaired) electrons. The number of para-hydroxylation sites is 1. The van der Waals surface area contributed by atoms with Crippen molar-refractivity contribution in [2.24, 2.45) is 0 Å². The number of piperazine rings is 1. The van der Waals surface area contributed by atoms with Crippen molar-refractivity contribution in [3.05, 3.63) is 59.9 Å². The largest absolute Gasteiger partial charge is 0.496 e. The zero-order valence-corrected chi connectivity index (χ0v) is 13.3.